The summed E-state index contributed by atoms with van der Waals surface area (Å²) in [5.41, 5.74) is 2.93. The molecule has 1 N–H and O–H groups in total. The van der Waals surface area contributed by atoms with Crippen molar-refractivity contribution in [2.24, 2.45) is 0 Å². The average Bonchev–Trinajstić information content (AvgIpc) is 3.09. The highest BCUT2D eigenvalue weighted by molar-refractivity contribution is 6.06. The molecule has 0 atom stereocenters. The molecule has 1 amide bonds. The largest absolute Gasteiger partial charge is 0.469 e. The summed E-state index contributed by atoms with van der Waals surface area (Å²) in [6.45, 7) is 0.398. The van der Waals surface area contributed by atoms with Crippen LogP contribution in [0.4, 0.5) is 5.69 Å². The van der Waals surface area contributed by atoms with E-state index in [9.17, 15) is 9.59 Å². The van der Waals surface area contributed by atoms with Crippen LogP contribution >= 0.6 is 0 Å². The van der Waals surface area contributed by atoms with Gasteiger partial charge in [0, 0.05) is 12.6 Å². The van der Waals surface area contributed by atoms with E-state index in [2.05, 4.69) is 20.4 Å². The Balaban J connectivity index is 1.54. The number of hydrogen-bond acceptors (Lipinski definition) is 6. The van der Waals surface area contributed by atoms with Crippen LogP contribution in [-0.4, -0.2) is 34.0 Å². The molecule has 2 aromatic rings. The van der Waals surface area contributed by atoms with E-state index in [4.69, 9.17) is 4.74 Å². The van der Waals surface area contributed by atoms with Gasteiger partial charge in [-0.25, -0.2) is 0 Å². The number of carbonyl (C=O) groups excluding carboxylic acids is 2. The normalized spacial score (nSPS) is 15.2. The van der Waals surface area contributed by atoms with Crippen molar-refractivity contribution >= 4 is 17.6 Å². The van der Waals surface area contributed by atoms with Crippen molar-refractivity contribution in [2.75, 3.05) is 12.4 Å². The summed E-state index contributed by atoms with van der Waals surface area (Å²) in [5.74, 6) is 0.789. The first-order chi connectivity index (χ1) is 13.6. The second-order valence-corrected chi connectivity index (χ2v) is 6.61. The molecule has 1 aliphatic heterocycles. The van der Waals surface area contributed by atoms with Gasteiger partial charge in [-0.1, -0.05) is 23.4 Å². The number of anilines is 1. The number of hydrogen-bond donors (Lipinski definition) is 1. The number of amides is 1. The minimum Gasteiger partial charge on any atom is -0.469 e. The first kappa shape index (κ1) is 18.0. The Bertz CT molecular complexity index is 990. The van der Waals surface area contributed by atoms with Gasteiger partial charge in [-0.3, -0.25) is 14.3 Å². The van der Waals surface area contributed by atoms with Gasteiger partial charge in [0.05, 0.1) is 37.0 Å². The predicted molar refractivity (Wildman–Crippen MR) is 101 cm³/mol. The molecule has 2 aliphatic rings. The number of para-hydroxylation sites is 1. The van der Waals surface area contributed by atoms with E-state index in [1.54, 1.807) is 10.9 Å². The number of rotatable bonds is 5. The lowest BCUT2D eigenvalue weighted by atomic mass is 10.0. The lowest BCUT2D eigenvalue weighted by Gasteiger charge is -2.12. The number of ether oxygens (including phenoxy) is 2. The average molecular weight is 380 g/mol. The molecule has 0 fully saturated rings. The summed E-state index contributed by atoms with van der Waals surface area (Å²) in [6.07, 6.45) is 7.84. The number of benzene rings is 1. The third kappa shape index (κ3) is 3.66. The molecule has 2 heterocycles. The van der Waals surface area contributed by atoms with Crippen LogP contribution in [0.5, 0.6) is 5.75 Å². The van der Waals surface area contributed by atoms with E-state index in [1.165, 1.54) is 7.11 Å². The molecular weight excluding hydrogens is 360 g/mol. The minimum absolute atomic E-state index is 0.132. The van der Waals surface area contributed by atoms with E-state index in [1.807, 2.05) is 30.4 Å². The zero-order valence-electron chi connectivity index (χ0n) is 15.5. The van der Waals surface area contributed by atoms with Gasteiger partial charge in [-0.15, -0.1) is 5.10 Å². The zero-order chi connectivity index (χ0) is 19.5. The Morgan fingerprint density at radius 3 is 3.14 bits per heavy atom. The van der Waals surface area contributed by atoms with E-state index >= 15 is 0 Å². The summed E-state index contributed by atoms with van der Waals surface area (Å²) >= 11 is 0. The predicted octanol–water partition coefficient (Wildman–Crippen LogP) is 2.37. The van der Waals surface area contributed by atoms with Gasteiger partial charge in [0.15, 0.2) is 5.75 Å². The fourth-order valence-electron chi connectivity index (χ4n) is 3.25. The molecule has 1 aromatic heterocycles. The lowest BCUT2D eigenvalue weighted by Crippen LogP contribution is -2.16. The number of esters is 1. The molecule has 0 saturated carbocycles. The monoisotopic (exact) mass is 380 g/mol. The molecule has 0 spiro atoms. The lowest BCUT2D eigenvalue weighted by molar-refractivity contribution is -0.140. The van der Waals surface area contributed by atoms with Gasteiger partial charge >= 0.3 is 5.97 Å². The maximum Gasteiger partial charge on any atom is 0.307 e. The highest BCUT2D eigenvalue weighted by Crippen LogP contribution is 2.36. The maximum atomic E-state index is 12.6. The third-order valence-electron chi connectivity index (χ3n) is 4.70. The summed E-state index contributed by atoms with van der Waals surface area (Å²) in [7, 11) is 1.36. The summed E-state index contributed by atoms with van der Waals surface area (Å²) in [6, 6.07) is 5.65. The van der Waals surface area contributed by atoms with Gasteiger partial charge < -0.3 is 14.8 Å². The summed E-state index contributed by atoms with van der Waals surface area (Å²) < 4.78 is 12.2. The van der Waals surface area contributed by atoms with Gasteiger partial charge in [0.1, 0.15) is 5.76 Å². The summed E-state index contributed by atoms with van der Waals surface area (Å²) in [5, 5.41) is 11.2. The van der Waals surface area contributed by atoms with Crippen LogP contribution in [0.25, 0.3) is 0 Å². The van der Waals surface area contributed by atoms with Gasteiger partial charge in [0.2, 0.25) is 0 Å². The molecule has 4 rings (SSSR count). The molecule has 28 heavy (non-hydrogen) atoms. The fraction of sp³-hybridized carbons (Fsp3) is 0.300. The van der Waals surface area contributed by atoms with Crippen LogP contribution in [0, 0.1) is 0 Å². The van der Waals surface area contributed by atoms with Crippen LogP contribution in [0.2, 0.25) is 0 Å². The van der Waals surface area contributed by atoms with Crippen LogP contribution in [-0.2, 0) is 27.3 Å². The van der Waals surface area contributed by atoms with Crippen molar-refractivity contribution in [3.05, 3.63) is 59.1 Å². The molecular formula is C20H20N4O4. The van der Waals surface area contributed by atoms with Crippen LogP contribution in [0.3, 0.4) is 0 Å². The second kappa shape index (κ2) is 7.67. The van der Waals surface area contributed by atoms with Crippen molar-refractivity contribution in [1.29, 1.82) is 0 Å². The molecule has 144 valence electrons. The smallest absolute Gasteiger partial charge is 0.307 e. The topological polar surface area (TPSA) is 95.3 Å². The van der Waals surface area contributed by atoms with Gasteiger partial charge in [-0.2, -0.15) is 0 Å². The highest BCUT2D eigenvalue weighted by Gasteiger charge is 2.25. The Hall–Kier alpha value is -3.42. The number of aromatic nitrogens is 3. The third-order valence-corrected chi connectivity index (χ3v) is 4.70. The van der Waals surface area contributed by atoms with E-state index in [0.29, 0.717) is 42.2 Å². The number of fused-ring (bicyclic) bond motifs is 1. The minimum atomic E-state index is -0.296. The van der Waals surface area contributed by atoms with Crippen LogP contribution < -0.4 is 10.1 Å². The van der Waals surface area contributed by atoms with Crippen molar-refractivity contribution < 1.29 is 19.1 Å². The van der Waals surface area contributed by atoms with Crippen LogP contribution in [0.15, 0.2) is 47.9 Å². The number of methoxy groups -OCH3 is 1. The Kier molecular flexibility index (Phi) is 4.92. The quantitative estimate of drug-likeness (QED) is 0.800. The van der Waals surface area contributed by atoms with E-state index in [0.717, 1.165) is 17.7 Å². The zero-order valence-corrected chi connectivity index (χ0v) is 15.5. The molecule has 0 radical (unpaired) electrons. The number of aryl methyl sites for hydroxylation is 1. The van der Waals surface area contributed by atoms with Gasteiger partial charge in [-0.05, 0) is 30.5 Å². The first-order valence-electron chi connectivity index (χ1n) is 9.10. The second-order valence-electron chi connectivity index (χ2n) is 6.61. The molecule has 8 heteroatoms. The van der Waals surface area contributed by atoms with Crippen molar-refractivity contribution in [2.45, 2.75) is 32.2 Å². The van der Waals surface area contributed by atoms with Crippen molar-refractivity contribution in [3.8, 4) is 5.75 Å². The summed E-state index contributed by atoms with van der Waals surface area (Å²) in [4.78, 5) is 23.9. The fourth-order valence-corrected chi connectivity index (χ4v) is 3.25. The molecule has 1 aliphatic carbocycles. The van der Waals surface area contributed by atoms with E-state index in [-0.39, 0.29) is 18.3 Å². The maximum absolute atomic E-state index is 12.6. The van der Waals surface area contributed by atoms with Crippen molar-refractivity contribution in [3.63, 3.8) is 0 Å². The molecule has 1 aromatic carbocycles. The number of nitrogens with zero attached hydrogens (tertiary/aromatic N) is 3. The Labute approximate surface area is 161 Å². The molecule has 0 saturated heterocycles. The van der Waals surface area contributed by atoms with Crippen molar-refractivity contribution in [1.82, 2.24) is 15.0 Å². The van der Waals surface area contributed by atoms with E-state index < -0.39 is 0 Å². The SMILES string of the molecule is COC(=O)CCn1cc(Cc2cccc3c2NC(=O)C2=C(C=CCC2)O3)nn1. The highest BCUT2D eigenvalue weighted by atomic mass is 16.5. The first-order valence-corrected chi connectivity index (χ1v) is 9.10. The molecule has 0 bridgehead atoms. The number of nitrogens with one attached hydrogen (secondary N) is 1. The van der Waals surface area contributed by atoms with Crippen LogP contribution in [0.1, 0.15) is 30.5 Å². The number of allylic oxidation sites excluding steroid dienone is 2. The Morgan fingerprint density at radius 2 is 2.29 bits per heavy atom. The standard InChI is InChI=1S/C20H20N4O4/c1-27-18(25)9-10-24-12-14(22-23-24)11-13-5-4-8-17-19(13)21-20(26)15-6-2-3-7-16(15)28-17/h3-5,7-8,12H,2,6,9-11H2,1H3,(H,21,26). The molecule has 0 unspecified atom stereocenters. The molecule has 8 nitrogen and oxygen atoms in total. The number of carbonyl (C=O) groups is 2. The Morgan fingerprint density at radius 1 is 1.39 bits per heavy atom. The van der Waals surface area contributed by atoms with Gasteiger partial charge in [0.25, 0.3) is 5.91 Å².